The number of fused-ring (bicyclic) bond motifs is 1. The molecule has 3 aromatic rings. The monoisotopic (exact) mass is 273 g/mol. The number of pyridine rings is 1. The molecule has 0 fully saturated rings. The minimum Gasteiger partial charge on any atom is -0.313 e. The predicted molar refractivity (Wildman–Crippen MR) is 76.1 cm³/mol. The highest BCUT2D eigenvalue weighted by Crippen LogP contribution is 2.24. The molecule has 0 aromatic carbocycles. The minimum atomic E-state index is 0.196. The highest BCUT2D eigenvalue weighted by molar-refractivity contribution is 7.17. The van der Waals surface area contributed by atoms with Gasteiger partial charge < -0.3 is 5.32 Å². The number of aromatic nitrogens is 4. The van der Waals surface area contributed by atoms with Gasteiger partial charge in [-0.1, -0.05) is 0 Å². The van der Waals surface area contributed by atoms with Gasteiger partial charge in [-0.3, -0.25) is 9.67 Å². The van der Waals surface area contributed by atoms with Gasteiger partial charge in [-0.25, -0.2) is 4.98 Å². The maximum atomic E-state index is 4.49. The lowest BCUT2D eigenvalue weighted by Gasteiger charge is -2.15. The maximum Gasteiger partial charge on any atom is 0.138 e. The fourth-order valence-corrected chi connectivity index (χ4v) is 2.92. The number of rotatable bonds is 4. The fourth-order valence-electron chi connectivity index (χ4n) is 2.13. The Kier molecular flexibility index (Phi) is 3.27. The molecule has 0 saturated heterocycles. The lowest BCUT2D eigenvalue weighted by Crippen LogP contribution is -2.20. The van der Waals surface area contributed by atoms with E-state index in [1.807, 2.05) is 26.4 Å². The van der Waals surface area contributed by atoms with Crippen LogP contribution < -0.4 is 5.32 Å². The zero-order valence-electron chi connectivity index (χ0n) is 10.9. The molecule has 0 aliphatic carbocycles. The van der Waals surface area contributed by atoms with Crippen molar-refractivity contribution < 1.29 is 0 Å². The van der Waals surface area contributed by atoms with Gasteiger partial charge in [0.25, 0.3) is 0 Å². The average Bonchev–Trinajstić information content (AvgIpc) is 3.04. The number of nitrogens with zero attached hydrogens (tertiary/aromatic N) is 4. The summed E-state index contributed by atoms with van der Waals surface area (Å²) in [5.41, 5.74) is 2.24. The molecule has 3 rings (SSSR count). The third-order valence-corrected chi connectivity index (χ3v) is 4.12. The van der Waals surface area contributed by atoms with Crippen molar-refractivity contribution in [3.8, 4) is 0 Å². The van der Waals surface area contributed by atoms with E-state index >= 15 is 0 Å². The molecule has 1 unspecified atom stereocenters. The molecule has 0 amide bonds. The van der Waals surface area contributed by atoms with Crippen molar-refractivity contribution >= 4 is 21.6 Å². The van der Waals surface area contributed by atoms with Gasteiger partial charge >= 0.3 is 0 Å². The summed E-state index contributed by atoms with van der Waals surface area (Å²) in [5, 5.41) is 9.50. The van der Waals surface area contributed by atoms with Crippen molar-refractivity contribution in [2.75, 3.05) is 7.05 Å². The summed E-state index contributed by atoms with van der Waals surface area (Å²) in [6.45, 7) is 0. The number of nitrogens with one attached hydrogen (secondary N) is 1. The quantitative estimate of drug-likeness (QED) is 0.789. The van der Waals surface area contributed by atoms with Gasteiger partial charge in [0.05, 0.1) is 10.2 Å². The highest BCUT2D eigenvalue weighted by atomic mass is 32.1. The Hall–Kier alpha value is -1.79. The summed E-state index contributed by atoms with van der Waals surface area (Å²) in [6.07, 6.45) is 4.32. The topological polar surface area (TPSA) is 55.6 Å². The lowest BCUT2D eigenvalue weighted by molar-refractivity contribution is 0.552. The van der Waals surface area contributed by atoms with E-state index in [-0.39, 0.29) is 6.04 Å². The molecule has 19 heavy (non-hydrogen) atoms. The molecule has 6 heteroatoms. The first-order valence-corrected chi connectivity index (χ1v) is 6.99. The van der Waals surface area contributed by atoms with Gasteiger partial charge in [0.1, 0.15) is 12.2 Å². The van der Waals surface area contributed by atoms with E-state index in [1.54, 1.807) is 22.3 Å². The summed E-state index contributed by atoms with van der Waals surface area (Å²) in [4.78, 5) is 8.76. The molecule has 3 aromatic heterocycles. The first-order valence-electron chi connectivity index (χ1n) is 6.11. The van der Waals surface area contributed by atoms with Gasteiger partial charge in [-0.05, 0) is 30.1 Å². The zero-order valence-corrected chi connectivity index (χ0v) is 11.7. The Balaban J connectivity index is 1.90. The van der Waals surface area contributed by atoms with Crippen molar-refractivity contribution in [2.24, 2.45) is 7.05 Å². The van der Waals surface area contributed by atoms with Crippen molar-refractivity contribution in [2.45, 2.75) is 12.5 Å². The molecule has 98 valence electrons. The molecule has 0 radical (unpaired) electrons. The first-order chi connectivity index (χ1) is 9.28. The van der Waals surface area contributed by atoms with Crippen LogP contribution in [0.25, 0.3) is 10.2 Å². The Bertz CT molecular complexity index is 687. The SMILES string of the molecule is CNC(Cc1ncnn1C)c1cnc2ccsc2c1. The van der Waals surface area contributed by atoms with Crippen LogP contribution in [0.5, 0.6) is 0 Å². The number of thiophene rings is 1. The van der Waals surface area contributed by atoms with Crippen LogP contribution in [0.2, 0.25) is 0 Å². The van der Waals surface area contributed by atoms with Gasteiger partial charge in [-0.2, -0.15) is 5.10 Å². The molecule has 5 nitrogen and oxygen atoms in total. The van der Waals surface area contributed by atoms with Gasteiger partial charge in [0.2, 0.25) is 0 Å². The molecule has 0 aliphatic heterocycles. The smallest absolute Gasteiger partial charge is 0.138 e. The Morgan fingerprint density at radius 1 is 1.42 bits per heavy atom. The fraction of sp³-hybridized carbons (Fsp3) is 0.308. The summed E-state index contributed by atoms with van der Waals surface area (Å²) < 4.78 is 3.03. The van der Waals surface area contributed by atoms with Crippen LogP contribution in [-0.4, -0.2) is 26.8 Å². The molecule has 3 heterocycles. The molecule has 0 aliphatic rings. The molecular formula is C13H15N5S. The van der Waals surface area contributed by atoms with Crippen LogP contribution in [0.15, 0.2) is 30.0 Å². The van der Waals surface area contributed by atoms with Crippen molar-refractivity contribution in [1.29, 1.82) is 0 Å². The van der Waals surface area contributed by atoms with Crippen molar-refractivity contribution in [3.05, 3.63) is 41.4 Å². The molecule has 0 bridgehead atoms. The summed E-state index contributed by atoms with van der Waals surface area (Å²) in [6, 6.07) is 4.44. The second kappa shape index (κ2) is 5.07. The third-order valence-electron chi connectivity index (χ3n) is 3.27. The average molecular weight is 273 g/mol. The van der Waals surface area contributed by atoms with Crippen LogP contribution >= 0.6 is 11.3 Å². The lowest BCUT2D eigenvalue weighted by atomic mass is 10.1. The second-order valence-corrected chi connectivity index (χ2v) is 5.37. The van der Waals surface area contributed by atoms with Crippen LogP contribution in [-0.2, 0) is 13.5 Å². The van der Waals surface area contributed by atoms with Crippen LogP contribution in [0, 0.1) is 0 Å². The number of hydrogen-bond donors (Lipinski definition) is 1. The third kappa shape index (κ3) is 2.36. The Labute approximate surface area is 115 Å². The Morgan fingerprint density at radius 3 is 3.05 bits per heavy atom. The number of hydrogen-bond acceptors (Lipinski definition) is 5. The standard InChI is InChI=1S/C13H15N5S/c1-14-11(6-13-16-8-17-18(13)2)9-5-12-10(15-7-9)3-4-19-12/h3-5,7-8,11,14H,6H2,1-2H3. The van der Waals surface area contributed by atoms with E-state index < -0.39 is 0 Å². The highest BCUT2D eigenvalue weighted by Gasteiger charge is 2.14. The zero-order chi connectivity index (χ0) is 13.2. The molecular weight excluding hydrogens is 258 g/mol. The van der Waals surface area contributed by atoms with E-state index in [1.165, 1.54) is 10.3 Å². The van der Waals surface area contributed by atoms with Crippen LogP contribution in [0.1, 0.15) is 17.4 Å². The predicted octanol–water partition coefficient (Wildman–Crippen LogP) is 1.93. The normalized spacial score (nSPS) is 12.9. The van der Waals surface area contributed by atoms with E-state index in [0.717, 1.165) is 17.8 Å². The van der Waals surface area contributed by atoms with Gasteiger partial charge in [-0.15, -0.1) is 11.3 Å². The molecule has 1 atom stereocenters. The van der Waals surface area contributed by atoms with Crippen molar-refractivity contribution in [1.82, 2.24) is 25.1 Å². The van der Waals surface area contributed by atoms with Crippen LogP contribution in [0.4, 0.5) is 0 Å². The first kappa shape index (κ1) is 12.3. The number of likely N-dealkylation sites (N-methyl/N-ethyl adjacent to an activating group) is 1. The number of aryl methyl sites for hydroxylation is 1. The van der Waals surface area contributed by atoms with E-state index in [2.05, 4.69) is 31.8 Å². The largest absolute Gasteiger partial charge is 0.313 e. The molecule has 0 spiro atoms. The summed E-state index contributed by atoms with van der Waals surface area (Å²) in [7, 11) is 3.87. The van der Waals surface area contributed by atoms with E-state index in [0.29, 0.717) is 0 Å². The maximum absolute atomic E-state index is 4.49. The van der Waals surface area contributed by atoms with Crippen LogP contribution in [0.3, 0.4) is 0 Å². The molecule has 0 saturated carbocycles. The van der Waals surface area contributed by atoms with E-state index in [4.69, 9.17) is 0 Å². The van der Waals surface area contributed by atoms with Gasteiger partial charge in [0, 0.05) is 25.7 Å². The van der Waals surface area contributed by atoms with Crippen molar-refractivity contribution in [3.63, 3.8) is 0 Å². The minimum absolute atomic E-state index is 0.196. The Morgan fingerprint density at radius 2 is 2.32 bits per heavy atom. The second-order valence-electron chi connectivity index (χ2n) is 4.42. The summed E-state index contributed by atoms with van der Waals surface area (Å²) in [5.74, 6) is 0.964. The van der Waals surface area contributed by atoms with E-state index in [9.17, 15) is 0 Å². The van der Waals surface area contributed by atoms with Gasteiger partial charge in [0.15, 0.2) is 0 Å². The molecule has 1 N–H and O–H groups in total. The summed E-state index contributed by atoms with van der Waals surface area (Å²) >= 11 is 1.72.